The van der Waals surface area contributed by atoms with Crippen molar-refractivity contribution in [3.05, 3.63) is 53.9 Å². The number of fused-ring (bicyclic) bond motifs is 1. The highest BCUT2D eigenvalue weighted by Gasteiger charge is 2.31. The topological polar surface area (TPSA) is 123 Å². The molecule has 175 valence electrons. The highest BCUT2D eigenvalue weighted by atomic mass is 16.5. The second-order valence-corrected chi connectivity index (χ2v) is 8.53. The minimum Gasteiger partial charge on any atom is -0.378 e. The Morgan fingerprint density at radius 3 is 2.32 bits per heavy atom. The number of carbonyl (C=O) groups is 3. The Morgan fingerprint density at radius 2 is 1.65 bits per heavy atom. The molecule has 2 aliphatic heterocycles. The molecule has 2 N–H and O–H groups in total. The van der Waals surface area contributed by atoms with Crippen LogP contribution in [0.3, 0.4) is 0 Å². The van der Waals surface area contributed by atoms with E-state index in [4.69, 9.17) is 10.5 Å². The SMILES string of the molecule is NC(=O)c1ccc(-c2ccc(C(=O)N3CCC(C(=O)N4CCOCC4)CC3)cc2)n2n[c]nc12. The maximum Gasteiger partial charge on any atom is 0.253 e. The highest BCUT2D eigenvalue weighted by Crippen LogP contribution is 2.25. The van der Waals surface area contributed by atoms with Crippen molar-refractivity contribution in [3.63, 3.8) is 0 Å². The van der Waals surface area contributed by atoms with Crippen molar-refractivity contribution in [2.75, 3.05) is 39.4 Å². The third-order valence-electron chi connectivity index (χ3n) is 6.53. The lowest BCUT2D eigenvalue weighted by molar-refractivity contribution is -0.141. The summed E-state index contributed by atoms with van der Waals surface area (Å²) in [5, 5.41) is 4.08. The van der Waals surface area contributed by atoms with Gasteiger partial charge in [-0.2, -0.15) is 0 Å². The van der Waals surface area contributed by atoms with Gasteiger partial charge in [0.2, 0.25) is 12.2 Å². The van der Waals surface area contributed by atoms with Crippen LogP contribution in [-0.2, 0) is 9.53 Å². The number of aromatic nitrogens is 3. The molecule has 3 amide bonds. The van der Waals surface area contributed by atoms with Gasteiger partial charge in [-0.25, -0.2) is 9.50 Å². The number of nitrogens with two attached hydrogens (primary N) is 1. The van der Waals surface area contributed by atoms with Crippen LogP contribution in [0.1, 0.15) is 33.6 Å². The average Bonchev–Trinajstić information content (AvgIpc) is 3.38. The second kappa shape index (κ2) is 9.22. The number of benzene rings is 1. The summed E-state index contributed by atoms with van der Waals surface area (Å²) in [5.41, 5.74) is 8.11. The summed E-state index contributed by atoms with van der Waals surface area (Å²) in [6, 6.07) is 10.6. The lowest BCUT2D eigenvalue weighted by Gasteiger charge is -2.35. The highest BCUT2D eigenvalue weighted by molar-refractivity contribution is 5.99. The fraction of sp³-hybridized carbons (Fsp3) is 0.375. The standard InChI is InChI=1S/C24H25N6O4/c25-21(31)19-5-6-20(30-22(19)26-15-27-30)16-1-3-17(4-2-16)23(32)28-9-7-18(8-10-28)24(33)29-11-13-34-14-12-29/h1-6,18H,7-14H2,(H2,25,31). The van der Waals surface area contributed by atoms with Crippen LogP contribution in [0.4, 0.5) is 0 Å². The van der Waals surface area contributed by atoms with Gasteiger partial charge in [-0.3, -0.25) is 14.4 Å². The van der Waals surface area contributed by atoms with Gasteiger partial charge in [-0.05, 0) is 37.1 Å². The largest absolute Gasteiger partial charge is 0.378 e. The molecule has 0 saturated carbocycles. The monoisotopic (exact) mass is 461 g/mol. The summed E-state index contributed by atoms with van der Waals surface area (Å²) in [6.45, 7) is 3.60. The summed E-state index contributed by atoms with van der Waals surface area (Å²) in [6.07, 6.45) is 3.86. The van der Waals surface area contributed by atoms with E-state index in [0.29, 0.717) is 69.1 Å². The van der Waals surface area contributed by atoms with Gasteiger partial charge < -0.3 is 20.3 Å². The number of piperidine rings is 1. The molecule has 4 heterocycles. The number of morpholine rings is 1. The van der Waals surface area contributed by atoms with Crippen molar-refractivity contribution in [1.29, 1.82) is 0 Å². The molecular formula is C24H25N6O4. The van der Waals surface area contributed by atoms with Gasteiger partial charge in [0.05, 0.1) is 24.5 Å². The zero-order valence-electron chi connectivity index (χ0n) is 18.6. The zero-order valence-corrected chi connectivity index (χ0v) is 18.6. The average molecular weight is 462 g/mol. The van der Waals surface area contributed by atoms with Gasteiger partial charge in [-0.1, -0.05) is 12.1 Å². The smallest absolute Gasteiger partial charge is 0.253 e. The molecule has 10 heteroatoms. The summed E-state index contributed by atoms with van der Waals surface area (Å²) in [7, 11) is 0. The third-order valence-corrected chi connectivity index (χ3v) is 6.53. The number of rotatable bonds is 4. The summed E-state index contributed by atoms with van der Waals surface area (Å²) in [4.78, 5) is 45.1. The van der Waals surface area contributed by atoms with E-state index in [0.717, 1.165) is 5.56 Å². The first kappa shape index (κ1) is 22.0. The normalized spacial score (nSPS) is 17.2. The molecule has 2 aromatic heterocycles. The molecule has 0 unspecified atom stereocenters. The molecule has 2 aliphatic rings. The molecule has 34 heavy (non-hydrogen) atoms. The van der Waals surface area contributed by atoms with Gasteiger partial charge in [0.15, 0.2) is 5.65 Å². The van der Waals surface area contributed by atoms with E-state index >= 15 is 0 Å². The lowest BCUT2D eigenvalue weighted by atomic mass is 9.94. The molecule has 2 fully saturated rings. The Kier molecular flexibility index (Phi) is 5.97. The van der Waals surface area contributed by atoms with Crippen molar-refractivity contribution in [2.45, 2.75) is 12.8 Å². The summed E-state index contributed by atoms with van der Waals surface area (Å²) >= 11 is 0. The van der Waals surface area contributed by atoms with Crippen LogP contribution in [0.15, 0.2) is 36.4 Å². The number of likely N-dealkylation sites (tertiary alicyclic amines) is 1. The predicted molar refractivity (Wildman–Crippen MR) is 122 cm³/mol. The van der Waals surface area contributed by atoms with E-state index < -0.39 is 5.91 Å². The quantitative estimate of drug-likeness (QED) is 0.619. The minimum atomic E-state index is -0.589. The van der Waals surface area contributed by atoms with Crippen LogP contribution in [0.2, 0.25) is 0 Å². The van der Waals surface area contributed by atoms with Gasteiger partial charge in [0, 0.05) is 43.2 Å². The Labute approximate surface area is 196 Å². The molecule has 1 aromatic carbocycles. The Bertz CT molecular complexity index is 1220. The first-order valence-electron chi connectivity index (χ1n) is 11.3. The molecule has 3 aromatic rings. The van der Waals surface area contributed by atoms with Crippen LogP contribution in [0.25, 0.3) is 16.9 Å². The van der Waals surface area contributed by atoms with Gasteiger partial charge >= 0.3 is 0 Å². The summed E-state index contributed by atoms with van der Waals surface area (Å²) < 4.78 is 6.84. The van der Waals surface area contributed by atoms with Crippen molar-refractivity contribution < 1.29 is 19.1 Å². The molecule has 0 spiro atoms. The lowest BCUT2D eigenvalue weighted by Crippen LogP contribution is -2.47. The number of hydrogen-bond donors (Lipinski definition) is 1. The second-order valence-electron chi connectivity index (χ2n) is 8.53. The van der Waals surface area contributed by atoms with Crippen molar-refractivity contribution in [3.8, 4) is 11.3 Å². The van der Waals surface area contributed by atoms with Crippen molar-refractivity contribution >= 4 is 23.4 Å². The maximum absolute atomic E-state index is 13.0. The zero-order chi connectivity index (χ0) is 23.7. The number of hydrogen-bond acceptors (Lipinski definition) is 6. The Morgan fingerprint density at radius 1 is 0.941 bits per heavy atom. The van der Waals surface area contributed by atoms with Crippen molar-refractivity contribution in [2.24, 2.45) is 11.7 Å². The number of nitrogens with zero attached hydrogens (tertiary/aromatic N) is 5. The molecular weight excluding hydrogens is 436 g/mol. The van der Waals surface area contributed by atoms with E-state index in [1.165, 1.54) is 4.52 Å². The van der Waals surface area contributed by atoms with Gasteiger partial charge in [-0.15, -0.1) is 5.10 Å². The van der Waals surface area contributed by atoms with E-state index in [9.17, 15) is 14.4 Å². The fourth-order valence-corrected chi connectivity index (χ4v) is 4.61. The number of pyridine rings is 1. The molecule has 2 saturated heterocycles. The Balaban J connectivity index is 1.26. The van der Waals surface area contributed by atoms with Gasteiger partial charge in [0.25, 0.3) is 11.8 Å². The third kappa shape index (κ3) is 4.12. The van der Waals surface area contributed by atoms with E-state index in [1.54, 1.807) is 24.3 Å². The first-order valence-corrected chi connectivity index (χ1v) is 11.3. The number of amides is 3. The molecule has 1 radical (unpaired) electrons. The van der Waals surface area contributed by atoms with E-state index in [2.05, 4.69) is 16.4 Å². The molecule has 0 atom stereocenters. The van der Waals surface area contributed by atoms with E-state index in [-0.39, 0.29) is 23.3 Å². The van der Waals surface area contributed by atoms with Crippen LogP contribution in [0, 0.1) is 12.2 Å². The van der Waals surface area contributed by atoms with Crippen LogP contribution >= 0.6 is 0 Å². The predicted octanol–water partition coefficient (Wildman–Crippen LogP) is 1.01. The Hall–Kier alpha value is -3.79. The molecule has 0 aliphatic carbocycles. The maximum atomic E-state index is 13.0. The fourth-order valence-electron chi connectivity index (χ4n) is 4.61. The number of primary amides is 1. The molecule has 0 bridgehead atoms. The van der Waals surface area contributed by atoms with Crippen LogP contribution in [0.5, 0.6) is 0 Å². The van der Waals surface area contributed by atoms with E-state index in [1.807, 2.05) is 21.9 Å². The van der Waals surface area contributed by atoms with Crippen molar-refractivity contribution in [1.82, 2.24) is 24.4 Å². The van der Waals surface area contributed by atoms with Gasteiger partial charge in [0.1, 0.15) is 0 Å². The molecule has 5 rings (SSSR count). The summed E-state index contributed by atoms with van der Waals surface area (Å²) in [5.74, 6) is -0.491. The first-order chi connectivity index (χ1) is 16.5. The number of carbonyl (C=O) groups excluding carboxylic acids is 3. The number of ether oxygens (including phenoxy) is 1. The minimum absolute atomic E-state index is 0.0326. The van der Waals surface area contributed by atoms with Crippen LogP contribution < -0.4 is 5.73 Å². The molecule has 10 nitrogen and oxygen atoms in total. The van der Waals surface area contributed by atoms with Crippen LogP contribution in [-0.4, -0.2) is 81.5 Å².